The Labute approximate surface area is 207 Å². The molecular formula is C26H26N4O4S. The van der Waals surface area contributed by atoms with E-state index in [4.69, 9.17) is 13.9 Å². The van der Waals surface area contributed by atoms with E-state index in [9.17, 15) is 4.79 Å². The second-order valence-corrected chi connectivity index (χ2v) is 8.93. The summed E-state index contributed by atoms with van der Waals surface area (Å²) >= 11 is 1.23. The van der Waals surface area contributed by atoms with Gasteiger partial charge in [0, 0.05) is 48.7 Å². The summed E-state index contributed by atoms with van der Waals surface area (Å²) in [6.45, 7) is 4.02. The Bertz CT molecular complexity index is 1240. The number of nitrogens with zero attached hydrogens (tertiary/aromatic N) is 3. The first-order chi connectivity index (χ1) is 17.2. The highest BCUT2D eigenvalue weighted by atomic mass is 32.1. The highest BCUT2D eigenvalue weighted by molar-refractivity contribution is 7.07. The van der Waals surface area contributed by atoms with Crippen LogP contribution in [-0.2, 0) is 24.2 Å². The molecule has 0 bridgehead atoms. The van der Waals surface area contributed by atoms with Gasteiger partial charge in [-0.15, -0.1) is 0 Å². The summed E-state index contributed by atoms with van der Waals surface area (Å²) in [5, 5.41) is 3.38. The van der Waals surface area contributed by atoms with E-state index < -0.39 is 0 Å². The lowest BCUT2D eigenvalue weighted by Crippen LogP contribution is -2.35. The molecule has 1 amide bonds. The number of carbonyl (C=O) groups is 1. The minimum absolute atomic E-state index is 0.169. The summed E-state index contributed by atoms with van der Waals surface area (Å²) in [6, 6.07) is 19.2. The molecule has 3 heterocycles. The van der Waals surface area contributed by atoms with Crippen molar-refractivity contribution in [3.05, 3.63) is 95.2 Å². The number of rotatable bonds is 9. The molecule has 4 aromatic rings. The fourth-order valence-electron chi connectivity index (χ4n) is 3.85. The van der Waals surface area contributed by atoms with E-state index in [1.165, 1.54) is 11.5 Å². The van der Waals surface area contributed by atoms with Crippen LogP contribution in [0.4, 0.5) is 0 Å². The van der Waals surface area contributed by atoms with Crippen molar-refractivity contribution in [1.29, 1.82) is 0 Å². The number of ether oxygens (including phenoxy) is 2. The molecule has 1 fully saturated rings. The van der Waals surface area contributed by atoms with Gasteiger partial charge in [-0.05, 0) is 35.9 Å². The maximum Gasteiger partial charge on any atom is 0.298 e. The molecule has 0 aliphatic carbocycles. The number of carbonyl (C=O) groups excluding carboxylic acids is 1. The van der Waals surface area contributed by atoms with E-state index in [0.29, 0.717) is 55.0 Å². The number of hydrogen-bond acceptors (Lipinski definition) is 8. The average molecular weight is 491 g/mol. The fraction of sp³-hybridized carbons (Fsp3) is 0.269. The minimum Gasteiger partial charge on any atom is -0.467 e. The first-order valence-electron chi connectivity index (χ1n) is 11.5. The summed E-state index contributed by atoms with van der Waals surface area (Å²) in [5.74, 6) is 1.92. The third-order valence-corrected chi connectivity index (χ3v) is 6.31. The number of furan rings is 1. The lowest BCUT2D eigenvalue weighted by Gasteiger charge is -2.27. The molecule has 2 aromatic carbocycles. The molecule has 8 nitrogen and oxygen atoms in total. The molecule has 35 heavy (non-hydrogen) atoms. The van der Waals surface area contributed by atoms with Gasteiger partial charge in [0.05, 0.1) is 26.0 Å². The van der Waals surface area contributed by atoms with Crippen LogP contribution in [0.2, 0.25) is 0 Å². The van der Waals surface area contributed by atoms with Crippen molar-refractivity contribution in [2.45, 2.75) is 19.5 Å². The molecule has 1 N–H and O–H groups in total. The van der Waals surface area contributed by atoms with Crippen molar-refractivity contribution in [2.24, 2.45) is 0 Å². The molecule has 0 radical (unpaired) electrons. The number of aromatic nitrogens is 2. The maximum atomic E-state index is 12.8. The first kappa shape index (κ1) is 23.2. The van der Waals surface area contributed by atoms with Crippen molar-refractivity contribution in [3.63, 3.8) is 0 Å². The van der Waals surface area contributed by atoms with E-state index in [2.05, 4.69) is 31.7 Å². The van der Waals surface area contributed by atoms with Gasteiger partial charge in [0.2, 0.25) is 0 Å². The van der Waals surface area contributed by atoms with Crippen molar-refractivity contribution >= 4 is 17.4 Å². The summed E-state index contributed by atoms with van der Waals surface area (Å²) in [4.78, 5) is 19.6. The zero-order valence-corrected chi connectivity index (χ0v) is 20.0. The van der Waals surface area contributed by atoms with E-state index in [1.54, 1.807) is 18.4 Å². The fourth-order valence-corrected chi connectivity index (χ4v) is 4.41. The van der Waals surface area contributed by atoms with E-state index >= 15 is 0 Å². The number of benzene rings is 2. The SMILES string of the molecule is O=C(NCc1ccco1)c1ccc(Oc2nc(Cc3ccccc3)ns2)c(CN2CCOCC2)c1. The molecule has 0 saturated carbocycles. The highest BCUT2D eigenvalue weighted by Gasteiger charge is 2.18. The van der Waals surface area contributed by atoms with Gasteiger partial charge in [-0.1, -0.05) is 30.3 Å². The van der Waals surface area contributed by atoms with Crippen molar-refractivity contribution in [1.82, 2.24) is 19.6 Å². The van der Waals surface area contributed by atoms with Crippen LogP contribution in [0.5, 0.6) is 10.9 Å². The Morgan fingerprint density at radius 1 is 1.09 bits per heavy atom. The molecule has 1 aliphatic rings. The summed E-state index contributed by atoms with van der Waals surface area (Å²) in [5.41, 5.74) is 2.63. The van der Waals surface area contributed by atoms with Crippen LogP contribution in [-0.4, -0.2) is 46.5 Å². The summed E-state index contributed by atoms with van der Waals surface area (Å²) in [6.07, 6.45) is 2.24. The van der Waals surface area contributed by atoms with Crippen LogP contribution < -0.4 is 10.1 Å². The molecule has 1 aliphatic heterocycles. The largest absolute Gasteiger partial charge is 0.467 e. The van der Waals surface area contributed by atoms with Crippen LogP contribution >= 0.6 is 11.5 Å². The topological polar surface area (TPSA) is 89.7 Å². The first-order valence-corrected chi connectivity index (χ1v) is 12.3. The molecule has 9 heteroatoms. The molecule has 1 saturated heterocycles. The molecule has 2 aromatic heterocycles. The van der Waals surface area contributed by atoms with Crippen molar-refractivity contribution < 1.29 is 18.7 Å². The Hall–Kier alpha value is -3.53. The second-order valence-electron chi connectivity index (χ2n) is 8.21. The summed E-state index contributed by atoms with van der Waals surface area (Å²) in [7, 11) is 0. The lowest BCUT2D eigenvalue weighted by atomic mass is 10.1. The molecule has 180 valence electrons. The quantitative estimate of drug-likeness (QED) is 0.375. The molecular weight excluding hydrogens is 464 g/mol. The van der Waals surface area contributed by atoms with Gasteiger partial charge in [-0.3, -0.25) is 9.69 Å². The Morgan fingerprint density at radius 3 is 2.74 bits per heavy atom. The zero-order chi connectivity index (χ0) is 23.9. The lowest BCUT2D eigenvalue weighted by molar-refractivity contribution is 0.0339. The number of amides is 1. The van der Waals surface area contributed by atoms with Crippen molar-refractivity contribution in [2.75, 3.05) is 26.3 Å². The van der Waals surface area contributed by atoms with E-state index in [1.807, 2.05) is 36.4 Å². The number of nitrogens with one attached hydrogen (secondary N) is 1. The minimum atomic E-state index is -0.169. The van der Waals surface area contributed by atoms with Gasteiger partial charge in [0.15, 0.2) is 5.82 Å². The zero-order valence-electron chi connectivity index (χ0n) is 19.2. The third kappa shape index (κ3) is 6.33. The predicted molar refractivity (Wildman–Crippen MR) is 132 cm³/mol. The average Bonchev–Trinajstić information content (AvgIpc) is 3.57. The van der Waals surface area contributed by atoms with Gasteiger partial charge in [0.1, 0.15) is 11.5 Å². The molecule has 5 rings (SSSR count). The van der Waals surface area contributed by atoms with Gasteiger partial charge < -0.3 is 19.2 Å². The number of hydrogen-bond donors (Lipinski definition) is 1. The Kier molecular flexibility index (Phi) is 7.47. The molecule has 0 unspecified atom stereocenters. The molecule has 0 spiro atoms. The van der Waals surface area contributed by atoms with Crippen LogP contribution in [0.25, 0.3) is 0 Å². The third-order valence-electron chi connectivity index (χ3n) is 5.68. The van der Waals surface area contributed by atoms with E-state index in [-0.39, 0.29) is 5.91 Å². The van der Waals surface area contributed by atoms with Gasteiger partial charge in [0.25, 0.3) is 11.1 Å². The van der Waals surface area contributed by atoms with Gasteiger partial charge in [-0.25, -0.2) is 0 Å². The van der Waals surface area contributed by atoms with Crippen LogP contribution in [0.15, 0.2) is 71.3 Å². The monoisotopic (exact) mass is 490 g/mol. The Balaban J connectivity index is 1.32. The van der Waals surface area contributed by atoms with Crippen LogP contribution in [0.3, 0.4) is 0 Å². The van der Waals surface area contributed by atoms with Gasteiger partial charge in [-0.2, -0.15) is 9.36 Å². The second kappa shape index (κ2) is 11.3. The normalized spacial score (nSPS) is 14.1. The summed E-state index contributed by atoms with van der Waals surface area (Å²) < 4.78 is 21.4. The maximum absolute atomic E-state index is 12.8. The van der Waals surface area contributed by atoms with Crippen LogP contribution in [0.1, 0.15) is 33.1 Å². The molecule has 0 atom stereocenters. The number of morpholine rings is 1. The smallest absolute Gasteiger partial charge is 0.298 e. The Morgan fingerprint density at radius 2 is 1.94 bits per heavy atom. The van der Waals surface area contributed by atoms with Gasteiger partial charge >= 0.3 is 0 Å². The highest BCUT2D eigenvalue weighted by Crippen LogP contribution is 2.29. The predicted octanol–water partition coefficient (Wildman–Crippen LogP) is 4.28. The standard InChI is InChI=1S/C26H26N4O4S/c31-25(27-17-22-7-4-12-33-22)20-8-9-23(21(16-20)18-30-10-13-32-14-11-30)34-26-28-24(29-35-26)15-19-5-2-1-3-6-19/h1-9,12,16H,10-11,13-15,17-18H2,(H,27,31). The van der Waals surface area contributed by atoms with Crippen molar-refractivity contribution in [3.8, 4) is 10.9 Å². The van der Waals surface area contributed by atoms with E-state index in [0.717, 1.165) is 30.0 Å². The van der Waals surface area contributed by atoms with Crippen LogP contribution in [0, 0.1) is 0 Å².